The number of aryl methyl sites for hydroxylation is 3. The van der Waals surface area contributed by atoms with Crippen LogP contribution in [0.15, 0.2) is 47.5 Å². The zero-order valence-electron chi connectivity index (χ0n) is 27.2. The first-order valence-corrected chi connectivity index (χ1v) is 21.0. The number of hydrogen-bond acceptors (Lipinski definition) is 6. The van der Waals surface area contributed by atoms with Gasteiger partial charge in [-0.1, -0.05) is 37.3 Å². The Hall–Kier alpha value is -3.25. The SMILES string of the molecule is Cc1ccc(S(=O)(=O)OCCCN2C(=O)C(C)(C)c3cc4[nH]c5c(c4cc32)CCCc2cn(COCC[Si](C)(C)C)nc2-5)cc1. The van der Waals surface area contributed by atoms with Gasteiger partial charge in [-0.15, -0.1) is 0 Å². The summed E-state index contributed by atoms with van der Waals surface area (Å²) in [5.41, 5.74) is 7.59. The minimum Gasteiger partial charge on any atom is -0.360 e. The summed E-state index contributed by atoms with van der Waals surface area (Å²) >= 11 is 0. The van der Waals surface area contributed by atoms with Gasteiger partial charge in [0, 0.05) is 44.0 Å². The number of ether oxygens (including phenoxy) is 1. The van der Waals surface area contributed by atoms with Crippen molar-refractivity contribution in [3.63, 3.8) is 0 Å². The molecule has 4 aromatic rings. The number of benzene rings is 2. The molecule has 2 aliphatic rings. The molecule has 9 nitrogen and oxygen atoms in total. The van der Waals surface area contributed by atoms with Crippen molar-refractivity contribution in [2.24, 2.45) is 0 Å². The highest BCUT2D eigenvalue weighted by Gasteiger charge is 2.44. The maximum Gasteiger partial charge on any atom is 0.296 e. The van der Waals surface area contributed by atoms with E-state index < -0.39 is 23.6 Å². The lowest BCUT2D eigenvalue weighted by Crippen LogP contribution is -2.37. The van der Waals surface area contributed by atoms with Crippen LogP contribution < -0.4 is 4.90 Å². The van der Waals surface area contributed by atoms with Crippen LogP contribution in [0.2, 0.25) is 25.7 Å². The molecule has 240 valence electrons. The molecule has 2 aromatic heterocycles. The van der Waals surface area contributed by atoms with E-state index in [9.17, 15) is 13.2 Å². The Morgan fingerprint density at radius 2 is 1.82 bits per heavy atom. The van der Waals surface area contributed by atoms with E-state index in [1.807, 2.05) is 25.5 Å². The van der Waals surface area contributed by atoms with Crippen molar-refractivity contribution in [1.82, 2.24) is 14.8 Å². The average Bonchev–Trinajstić information content (AvgIpc) is 3.55. The quantitative estimate of drug-likeness (QED) is 0.112. The van der Waals surface area contributed by atoms with Crippen molar-refractivity contribution < 1.29 is 22.1 Å². The number of nitrogens with one attached hydrogen (secondary N) is 1. The molecule has 0 saturated heterocycles. The highest BCUT2D eigenvalue weighted by atomic mass is 32.2. The van der Waals surface area contributed by atoms with Crippen molar-refractivity contribution >= 4 is 40.7 Å². The molecule has 2 aromatic carbocycles. The van der Waals surface area contributed by atoms with Crippen LogP contribution in [-0.4, -0.2) is 56.9 Å². The van der Waals surface area contributed by atoms with Crippen molar-refractivity contribution in [1.29, 1.82) is 0 Å². The number of H-pyrrole nitrogens is 1. The number of carbonyl (C=O) groups excluding carboxylic acids is 1. The van der Waals surface area contributed by atoms with Gasteiger partial charge in [0.25, 0.3) is 10.1 Å². The maximum atomic E-state index is 13.6. The number of hydrogen-bond donors (Lipinski definition) is 1. The Balaban J connectivity index is 1.22. The molecule has 0 unspecified atom stereocenters. The van der Waals surface area contributed by atoms with Crippen molar-refractivity contribution in [2.45, 2.75) is 89.2 Å². The molecule has 0 atom stereocenters. The number of aromatic nitrogens is 3. The topological polar surface area (TPSA) is 107 Å². The fourth-order valence-electron chi connectivity index (χ4n) is 6.33. The highest BCUT2D eigenvalue weighted by molar-refractivity contribution is 7.86. The third kappa shape index (κ3) is 6.27. The number of nitrogens with zero attached hydrogens (tertiary/aromatic N) is 3. The lowest BCUT2D eigenvalue weighted by atomic mass is 9.85. The highest BCUT2D eigenvalue weighted by Crippen LogP contribution is 2.46. The maximum absolute atomic E-state index is 13.6. The van der Waals surface area contributed by atoms with Gasteiger partial charge in [0.05, 0.1) is 22.6 Å². The third-order valence-electron chi connectivity index (χ3n) is 9.01. The fraction of sp³-hybridized carbons (Fsp3) is 0.471. The lowest BCUT2D eigenvalue weighted by Gasteiger charge is -2.20. The number of aromatic amines is 1. The van der Waals surface area contributed by atoms with Crippen LogP contribution in [0.25, 0.3) is 22.3 Å². The molecular formula is C34H44N4O5SSi. The number of rotatable bonds is 11. The lowest BCUT2D eigenvalue weighted by molar-refractivity contribution is -0.122. The summed E-state index contributed by atoms with van der Waals surface area (Å²) in [5, 5.41) is 6.06. The molecule has 3 heterocycles. The predicted molar refractivity (Wildman–Crippen MR) is 180 cm³/mol. The molecule has 1 amide bonds. The molecule has 0 saturated carbocycles. The molecule has 0 spiro atoms. The minimum absolute atomic E-state index is 0.00721. The summed E-state index contributed by atoms with van der Waals surface area (Å²) in [7, 11) is -5.01. The van der Waals surface area contributed by atoms with Gasteiger partial charge in [-0.25, -0.2) is 4.68 Å². The predicted octanol–water partition coefficient (Wildman–Crippen LogP) is 6.56. The van der Waals surface area contributed by atoms with E-state index in [-0.39, 0.29) is 17.4 Å². The van der Waals surface area contributed by atoms with Gasteiger partial charge in [-0.2, -0.15) is 13.5 Å². The number of anilines is 1. The summed E-state index contributed by atoms with van der Waals surface area (Å²) in [6.45, 7) is 14.4. The van der Waals surface area contributed by atoms with Gasteiger partial charge >= 0.3 is 0 Å². The van der Waals surface area contributed by atoms with E-state index >= 15 is 0 Å². The van der Waals surface area contributed by atoms with E-state index in [0.29, 0.717) is 19.7 Å². The van der Waals surface area contributed by atoms with E-state index in [1.54, 1.807) is 29.2 Å². The van der Waals surface area contributed by atoms with E-state index in [2.05, 4.69) is 43.0 Å². The van der Waals surface area contributed by atoms with Crippen molar-refractivity contribution in [3.8, 4) is 11.4 Å². The molecule has 1 N–H and O–H groups in total. The molecule has 0 fully saturated rings. The van der Waals surface area contributed by atoms with Crippen LogP contribution in [-0.2, 0) is 48.8 Å². The average molecular weight is 649 g/mol. The van der Waals surface area contributed by atoms with Crippen LogP contribution in [0.5, 0.6) is 0 Å². The Bertz CT molecular complexity index is 1850. The number of fused-ring (bicyclic) bond motifs is 6. The van der Waals surface area contributed by atoms with Gasteiger partial charge < -0.3 is 14.6 Å². The standard InChI is InChI=1S/C34H44N4O5SSi/c1-23-11-13-25(14-12-23)44(40,41)43-16-8-15-38-30-19-27-26-10-7-9-24-21-37(22-42-17-18-45(4,5)6)36-31(24)32(26)35-29(27)20-28(30)34(2,3)33(38)39/h11-14,19-21,35H,7-10,15-18,22H2,1-6H3. The first-order chi connectivity index (χ1) is 21.2. The molecule has 1 aliphatic heterocycles. The molecule has 6 rings (SSSR count). The van der Waals surface area contributed by atoms with E-state index in [4.69, 9.17) is 14.0 Å². The number of amides is 1. The monoisotopic (exact) mass is 648 g/mol. The third-order valence-corrected chi connectivity index (χ3v) is 12.0. The molecule has 11 heteroatoms. The summed E-state index contributed by atoms with van der Waals surface area (Å²) in [4.78, 5) is 19.2. The van der Waals surface area contributed by atoms with Gasteiger partial charge in [-0.3, -0.25) is 8.98 Å². The van der Waals surface area contributed by atoms with Gasteiger partial charge in [-0.05, 0) is 93.5 Å². The van der Waals surface area contributed by atoms with Crippen molar-refractivity contribution in [2.75, 3.05) is 24.7 Å². The molecule has 0 radical (unpaired) electrons. The Morgan fingerprint density at radius 3 is 2.56 bits per heavy atom. The second kappa shape index (κ2) is 11.8. The molecule has 0 bridgehead atoms. The summed E-state index contributed by atoms with van der Waals surface area (Å²) in [5.74, 6) is 0.00721. The molecule has 1 aliphatic carbocycles. The summed E-state index contributed by atoms with van der Waals surface area (Å²) < 4.78 is 38.5. The van der Waals surface area contributed by atoms with Gasteiger partial charge in [0.15, 0.2) is 0 Å². The van der Waals surface area contributed by atoms with Crippen LogP contribution in [0, 0.1) is 6.92 Å². The zero-order valence-corrected chi connectivity index (χ0v) is 29.0. The van der Waals surface area contributed by atoms with E-state index in [0.717, 1.165) is 71.0 Å². The zero-order chi connectivity index (χ0) is 32.1. The minimum atomic E-state index is -3.86. The van der Waals surface area contributed by atoms with Crippen molar-refractivity contribution in [3.05, 3.63) is 64.8 Å². The molecular weight excluding hydrogens is 605 g/mol. The second-order valence-electron chi connectivity index (χ2n) is 14.2. The summed E-state index contributed by atoms with van der Waals surface area (Å²) in [6.07, 6.45) is 5.38. The van der Waals surface area contributed by atoms with Gasteiger partial charge in [0.2, 0.25) is 5.91 Å². The fourth-order valence-corrected chi connectivity index (χ4v) is 8.03. The Morgan fingerprint density at radius 1 is 1.07 bits per heavy atom. The first-order valence-electron chi connectivity index (χ1n) is 15.9. The summed E-state index contributed by atoms with van der Waals surface area (Å²) in [6, 6.07) is 12.0. The normalized spacial score (nSPS) is 16.1. The Labute approximate surface area is 267 Å². The van der Waals surface area contributed by atoms with Gasteiger partial charge in [0.1, 0.15) is 12.4 Å². The largest absolute Gasteiger partial charge is 0.360 e. The smallest absolute Gasteiger partial charge is 0.296 e. The number of carbonyl (C=O) groups is 1. The Kier molecular flexibility index (Phi) is 8.34. The first kappa shape index (κ1) is 31.7. The van der Waals surface area contributed by atoms with Crippen LogP contribution in [0.3, 0.4) is 0 Å². The second-order valence-corrected chi connectivity index (χ2v) is 21.4. The van der Waals surface area contributed by atoms with Crippen LogP contribution in [0.1, 0.15) is 48.9 Å². The van der Waals surface area contributed by atoms with Crippen LogP contribution in [0.4, 0.5) is 5.69 Å². The molecule has 45 heavy (non-hydrogen) atoms. The van der Waals surface area contributed by atoms with E-state index in [1.165, 1.54) is 11.1 Å². The van der Waals surface area contributed by atoms with Crippen LogP contribution >= 0.6 is 0 Å².